The van der Waals surface area contributed by atoms with E-state index in [1.165, 1.54) is 12.1 Å². The van der Waals surface area contributed by atoms with Gasteiger partial charge < -0.3 is 16.2 Å². The SMILES string of the molecule is NC[C@@]1(O)CC2CC[C@@H](C1)C2S(=O)(=O)c1cc(C(=O)Nc2cc(F)c(F)c(F)c2)ccc1Cl. The maximum atomic E-state index is 13.6. The van der Waals surface area contributed by atoms with Crippen molar-refractivity contribution >= 4 is 33.0 Å². The van der Waals surface area contributed by atoms with E-state index in [1.807, 2.05) is 0 Å². The van der Waals surface area contributed by atoms with Crippen LogP contribution >= 0.6 is 11.6 Å². The van der Waals surface area contributed by atoms with Gasteiger partial charge in [0.1, 0.15) is 0 Å². The topological polar surface area (TPSA) is 109 Å². The summed E-state index contributed by atoms with van der Waals surface area (Å²) in [5, 5.41) is 12.0. The third-order valence-electron chi connectivity index (χ3n) is 6.60. The van der Waals surface area contributed by atoms with Crippen molar-refractivity contribution in [2.45, 2.75) is 41.4 Å². The van der Waals surface area contributed by atoms with E-state index < -0.39 is 44.0 Å². The number of carbonyl (C=O) groups is 1. The number of amides is 1. The van der Waals surface area contributed by atoms with Gasteiger partial charge in [-0.05, 0) is 55.7 Å². The van der Waals surface area contributed by atoms with Gasteiger partial charge in [0, 0.05) is 29.9 Å². The molecule has 2 unspecified atom stereocenters. The lowest BCUT2D eigenvalue weighted by Gasteiger charge is -2.40. The van der Waals surface area contributed by atoms with Crippen LogP contribution in [0, 0.1) is 29.3 Å². The van der Waals surface area contributed by atoms with Crippen LogP contribution < -0.4 is 11.1 Å². The summed E-state index contributed by atoms with van der Waals surface area (Å²) in [5.41, 5.74) is 4.16. The molecule has 0 aliphatic heterocycles. The van der Waals surface area contributed by atoms with Gasteiger partial charge in [0.25, 0.3) is 5.91 Å². The first-order valence-corrected chi connectivity index (χ1v) is 12.3. The molecule has 2 saturated carbocycles. The number of rotatable bonds is 5. The molecule has 2 aliphatic carbocycles. The molecule has 0 saturated heterocycles. The van der Waals surface area contributed by atoms with E-state index in [1.54, 1.807) is 0 Å². The fraction of sp³-hybridized carbons (Fsp3) is 0.409. The summed E-state index contributed by atoms with van der Waals surface area (Å²) in [6.45, 7) is 0.0494. The average Bonchev–Trinajstić information content (AvgIpc) is 3.05. The van der Waals surface area contributed by atoms with Crippen molar-refractivity contribution in [1.82, 2.24) is 0 Å². The minimum absolute atomic E-state index is 0.0494. The summed E-state index contributed by atoms with van der Waals surface area (Å²) in [7, 11) is -3.97. The highest BCUT2D eigenvalue weighted by atomic mass is 35.5. The van der Waals surface area contributed by atoms with Gasteiger partial charge in [-0.2, -0.15) is 0 Å². The quantitative estimate of drug-likeness (QED) is 0.541. The van der Waals surface area contributed by atoms with E-state index >= 15 is 0 Å². The number of fused-ring (bicyclic) bond motifs is 2. The van der Waals surface area contributed by atoms with E-state index in [0.717, 1.165) is 6.07 Å². The Balaban J connectivity index is 1.63. The number of sulfone groups is 1. The molecule has 2 bridgehead atoms. The number of aliphatic hydroxyl groups is 1. The van der Waals surface area contributed by atoms with Crippen LogP contribution in [0.5, 0.6) is 0 Å². The lowest BCUT2D eigenvalue weighted by Crippen LogP contribution is -2.49. The predicted octanol–water partition coefficient (Wildman–Crippen LogP) is 3.66. The summed E-state index contributed by atoms with van der Waals surface area (Å²) in [5.74, 6) is -6.05. The molecular weight excluding hydrogens is 481 g/mol. The first kappa shape index (κ1) is 24.0. The Labute approximate surface area is 193 Å². The smallest absolute Gasteiger partial charge is 0.255 e. The van der Waals surface area contributed by atoms with E-state index in [9.17, 15) is 31.5 Å². The van der Waals surface area contributed by atoms with Crippen LogP contribution in [-0.4, -0.2) is 36.8 Å². The number of nitrogens with two attached hydrogens (primary N) is 1. The fourth-order valence-corrected chi connectivity index (χ4v) is 7.99. The number of carbonyl (C=O) groups excluding carboxylic acids is 1. The van der Waals surface area contributed by atoms with Gasteiger partial charge >= 0.3 is 0 Å². The molecule has 4 atom stereocenters. The van der Waals surface area contributed by atoms with Crippen LogP contribution in [-0.2, 0) is 9.84 Å². The minimum Gasteiger partial charge on any atom is -0.389 e. The fourth-order valence-electron chi connectivity index (χ4n) is 5.15. The molecule has 178 valence electrons. The second kappa shape index (κ2) is 8.57. The van der Waals surface area contributed by atoms with Gasteiger partial charge in [-0.25, -0.2) is 21.6 Å². The summed E-state index contributed by atoms with van der Waals surface area (Å²) in [6, 6.07) is 4.88. The Morgan fingerprint density at radius 3 is 2.24 bits per heavy atom. The van der Waals surface area contributed by atoms with Gasteiger partial charge in [-0.15, -0.1) is 0 Å². The van der Waals surface area contributed by atoms with Crippen molar-refractivity contribution in [2.75, 3.05) is 11.9 Å². The minimum atomic E-state index is -3.97. The molecule has 2 aliphatic rings. The third-order valence-corrected chi connectivity index (χ3v) is 9.48. The zero-order chi connectivity index (χ0) is 24.1. The summed E-state index contributed by atoms with van der Waals surface area (Å²) < 4.78 is 67.2. The number of anilines is 1. The van der Waals surface area contributed by atoms with Gasteiger partial charge in [0.05, 0.1) is 20.8 Å². The number of hydrogen-bond acceptors (Lipinski definition) is 5. The molecule has 0 heterocycles. The Kier molecular flexibility index (Phi) is 6.24. The molecule has 4 N–H and O–H groups in total. The predicted molar refractivity (Wildman–Crippen MR) is 116 cm³/mol. The molecule has 11 heteroatoms. The van der Waals surface area contributed by atoms with E-state index in [2.05, 4.69) is 5.32 Å². The van der Waals surface area contributed by atoms with Crippen LogP contribution in [0.15, 0.2) is 35.2 Å². The maximum Gasteiger partial charge on any atom is 0.255 e. The molecule has 2 aromatic rings. The van der Waals surface area contributed by atoms with Crippen LogP contribution in [0.25, 0.3) is 0 Å². The van der Waals surface area contributed by atoms with Gasteiger partial charge in [0.15, 0.2) is 27.3 Å². The second-order valence-electron chi connectivity index (χ2n) is 8.80. The number of nitrogens with one attached hydrogen (secondary N) is 1. The summed E-state index contributed by atoms with van der Waals surface area (Å²) >= 11 is 6.20. The molecule has 2 fully saturated rings. The zero-order valence-electron chi connectivity index (χ0n) is 17.3. The van der Waals surface area contributed by atoms with E-state index in [-0.39, 0.29) is 52.4 Å². The highest BCUT2D eigenvalue weighted by Gasteiger charge is 2.53. The Hall–Kier alpha value is -2.14. The Morgan fingerprint density at radius 1 is 1.12 bits per heavy atom. The molecule has 0 radical (unpaired) electrons. The Bertz CT molecular complexity index is 1190. The first-order chi connectivity index (χ1) is 15.4. The number of benzene rings is 2. The molecule has 4 rings (SSSR count). The van der Waals surface area contributed by atoms with Crippen molar-refractivity contribution in [3.8, 4) is 0 Å². The number of hydrogen-bond donors (Lipinski definition) is 3. The highest BCUT2D eigenvalue weighted by molar-refractivity contribution is 7.92. The molecule has 33 heavy (non-hydrogen) atoms. The maximum absolute atomic E-state index is 13.6. The van der Waals surface area contributed by atoms with Crippen molar-refractivity contribution in [1.29, 1.82) is 0 Å². The van der Waals surface area contributed by atoms with Crippen molar-refractivity contribution in [3.63, 3.8) is 0 Å². The van der Waals surface area contributed by atoms with Gasteiger partial charge in [0.2, 0.25) is 0 Å². The number of halogens is 4. The summed E-state index contributed by atoms with van der Waals surface area (Å²) in [6.07, 6.45) is 1.81. The first-order valence-electron chi connectivity index (χ1n) is 10.4. The molecule has 1 amide bonds. The van der Waals surface area contributed by atoms with Crippen LogP contribution in [0.3, 0.4) is 0 Å². The van der Waals surface area contributed by atoms with Gasteiger partial charge in [-0.1, -0.05) is 11.6 Å². The Morgan fingerprint density at radius 2 is 1.70 bits per heavy atom. The van der Waals surface area contributed by atoms with Crippen molar-refractivity contribution < 1.29 is 31.5 Å². The zero-order valence-corrected chi connectivity index (χ0v) is 18.9. The van der Waals surface area contributed by atoms with E-state index in [4.69, 9.17) is 17.3 Å². The lowest BCUT2D eigenvalue weighted by atomic mass is 9.77. The lowest BCUT2D eigenvalue weighted by molar-refractivity contribution is -0.0106. The average molecular weight is 503 g/mol. The van der Waals surface area contributed by atoms with Crippen molar-refractivity contribution in [2.24, 2.45) is 17.6 Å². The molecule has 2 aromatic carbocycles. The standard InChI is InChI=1S/C22H22ClF3N2O4S/c23-15-4-3-11(21(29)28-14-6-16(24)19(26)17(25)7-14)5-18(15)33(31,32)20-12-1-2-13(20)9-22(30,8-12)10-27/h3-7,12-13,20,30H,1-2,8-10,27H2,(H,28,29)/t12-,13?,20?,22-/m0/s1. The van der Waals surface area contributed by atoms with E-state index in [0.29, 0.717) is 25.0 Å². The highest BCUT2D eigenvalue weighted by Crippen LogP contribution is 2.51. The van der Waals surface area contributed by atoms with Crippen molar-refractivity contribution in [3.05, 3.63) is 58.4 Å². The molecule has 0 spiro atoms. The largest absolute Gasteiger partial charge is 0.389 e. The second-order valence-corrected chi connectivity index (χ2v) is 11.3. The molecular formula is C22H22ClF3N2O4S. The van der Waals surface area contributed by atoms with Crippen LogP contribution in [0.4, 0.5) is 18.9 Å². The molecule has 6 nitrogen and oxygen atoms in total. The van der Waals surface area contributed by atoms with Crippen LogP contribution in [0.1, 0.15) is 36.0 Å². The normalized spacial score (nSPS) is 26.9. The monoisotopic (exact) mass is 502 g/mol. The van der Waals surface area contributed by atoms with Crippen LogP contribution in [0.2, 0.25) is 5.02 Å². The third kappa shape index (κ3) is 4.37. The van der Waals surface area contributed by atoms with Gasteiger partial charge in [-0.3, -0.25) is 4.79 Å². The molecule has 0 aromatic heterocycles. The summed E-state index contributed by atoms with van der Waals surface area (Å²) in [4.78, 5) is 12.4.